The van der Waals surface area contributed by atoms with Gasteiger partial charge < -0.3 is 9.32 Å². The summed E-state index contributed by atoms with van der Waals surface area (Å²) in [7, 11) is 1.98. The van der Waals surface area contributed by atoms with Crippen LogP contribution in [-0.2, 0) is 0 Å². The lowest BCUT2D eigenvalue weighted by Crippen LogP contribution is -2.30. The van der Waals surface area contributed by atoms with Crippen LogP contribution < -0.4 is 4.90 Å². The van der Waals surface area contributed by atoms with Gasteiger partial charge in [-0.2, -0.15) is 4.98 Å². The Kier molecular flexibility index (Phi) is 2.95. The average Bonchev–Trinajstić information content (AvgIpc) is 2.70. The largest absolute Gasteiger partial charge is 0.423 e. The lowest BCUT2D eigenvalue weighted by molar-refractivity contribution is 0.564. The molecule has 0 aliphatic carbocycles. The van der Waals surface area contributed by atoms with E-state index in [0.29, 0.717) is 12.1 Å². The zero-order valence-electron chi connectivity index (χ0n) is 8.77. The van der Waals surface area contributed by atoms with Crippen molar-refractivity contribution in [1.82, 2.24) is 4.98 Å². The number of hydrogen-bond donors (Lipinski definition) is 0. The third-order valence-corrected chi connectivity index (χ3v) is 3.41. The maximum Gasteiger partial charge on any atom is 0.298 e. The second kappa shape index (κ2) is 4.23. The van der Waals surface area contributed by atoms with Crippen molar-refractivity contribution in [1.29, 1.82) is 0 Å². The van der Waals surface area contributed by atoms with Crippen LogP contribution in [0.25, 0.3) is 11.1 Å². The van der Waals surface area contributed by atoms with Crippen molar-refractivity contribution >= 4 is 33.0 Å². The van der Waals surface area contributed by atoms with E-state index in [-0.39, 0.29) is 0 Å². The molecule has 0 N–H and O–H groups in total. The first-order valence-electron chi connectivity index (χ1n) is 4.86. The third kappa shape index (κ3) is 2.00. The fourth-order valence-electron chi connectivity index (χ4n) is 1.30. The summed E-state index contributed by atoms with van der Waals surface area (Å²) in [5.41, 5.74) is 1.74. The van der Waals surface area contributed by atoms with E-state index < -0.39 is 0 Å². The topological polar surface area (TPSA) is 29.3 Å². The van der Waals surface area contributed by atoms with Gasteiger partial charge in [-0.05, 0) is 19.1 Å². The van der Waals surface area contributed by atoms with Gasteiger partial charge in [0.15, 0.2) is 5.58 Å². The van der Waals surface area contributed by atoms with Gasteiger partial charge in [0.05, 0.1) is 0 Å². The number of halogens is 1. The van der Waals surface area contributed by atoms with Gasteiger partial charge in [0, 0.05) is 18.4 Å². The Balaban J connectivity index is 2.36. The highest BCUT2D eigenvalue weighted by molar-refractivity contribution is 9.09. The molecule has 0 spiro atoms. The molecule has 0 bridgehead atoms. The molecule has 15 heavy (non-hydrogen) atoms. The van der Waals surface area contributed by atoms with Gasteiger partial charge >= 0.3 is 0 Å². The van der Waals surface area contributed by atoms with Gasteiger partial charge in [-0.15, -0.1) is 0 Å². The minimum absolute atomic E-state index is 0.359. The van der Waals surface area contributed by atoms with Crippen LogP contribution in [0.15, 0.2) is 28.7 Å². The Morgan fingerprint density at radius 3 is 2.87 bits per heavy atom. The summed E-state index contributed by atoms with van der Waals surface area (Å²) < 4.78 is 5.65. The second-order valence-corrected chi connectivity index (χ2v) is 4.23. The molecule has 0 saturated carbocycles. The van der Waals surface area contributed by atoms with Gasteiger partial charge in [0.1, 0.15) is 5.52 Å². The molecule has 0 radical (unpaired) electrons. The minimum atomic E-state index is 0.359. The van der Waals surface area contributed by atoms with Crippen molar-refractivity contribution in [3.05, 3.63) is 24.3 Å². The molecule has 4 heteroatoms. The zero-order chi connectivity index (χ0) is 10.8. The van der Waals surface area contributed by atoms with E-state index >= 15 is 0 Å². The first kappa shape index (κ1) is 10.5. The van der Waals surface area contributed by atoms with E-state index in [4.69, 9.17) is 4.42 Å². The Morgan fingerprint density at radius 2 is 2.20 bits per heavy atom. The number of para-hydroxylation sites is 2. The maximum atomic E-state index is 5.65. The summed E-state index contributed by atoms with van der Waals surface area (Å²) in [6.07, 6.45) is 0. The molecule has 1 aromatic heterocycles. The number of aromatic nitrogens is 1. The summed E-state index contributed by atoms with van der Waals surface area (Å²) in [4.78, 5) is 6.44. The molecule has 2 rings (SSSR count). The van der Waals surface area contributed by atoms with Crippen molar-refractivity contribution in [2.75, 3.05) is 17.3 Å². The minimum Gasteiger partial charge on any atom is -0.423 e. The molecular weight excluding hydrogens is 256 g/mol. The van der Waals surface area contributed by atoms with Gasteiger partial charge in [-0.25, -0.2) is 0 Å². The molecule has 0 aliphatic heterocycles. The maximum absolute atomic E-state index is 5.65. The fraction of sp³-hybridized carbons (Fsp3) is 0.364. The van der Waals surface area contributed by atoms with Crippen LogP contribution in [0.1, 0.15) is 6.92 Å². The van der Waals surface area contributed by atoms with Crippen LogP contribution in [0.5, 0.6) is 0 Å². The molecule has 3 nitrogen and oxygen atoms in total. The molecule has 80 valence electrons. The molecule has 0 amide bonds. The number of anilines is 1. The van der Waals surface area contributed by atoms with E-state index in [1.165, 1.54) is 0 Å². The Bertz CT molecular complexity index is 422. The molecule has 1 aromatic carbocycles. The molecule has 1 atom stereocenters. The number of benzene rings is 1. The normalized spacial score (nSPS) is 13.0. The summed E-state index contributed by atoms with van der Waals surface area (Å²) in [5.74, 6) is 0. The predicted molar refractivity (Wildman–Crippen MR) is 65.7 cm³/mol. The van der Waals surface area contributed by atoms with E-state index in [2.05, 4.69) is 27.8 Å². The zero-order valence-corrected chi connectivity index (χ0v) is 10.4. The van der Waals surface area contributed by atoms with Gasteiger partial charge in [0.2, 0.25) is 0 Å². The number of fused-ring (bicyclic) bond motifs is 1. The van der Waals surface area contributed by atoms with Crippen LogP contribution in [-0.4, -0.2) is 23.4 Å². The summed E-state index contributed by atoms with van der Waals surface area (Å²) in [6.45, 7) is 2.11. The van der Waals surface area contributed by atoms with Crippen molar-refractivity contribution in [3.8, 4) is 0 Å². The highest BCUT2D eigenvalue weighted by Crippen LogP contribution is 2.22. The van der Waals surface area contributed by atoms with Crippen LogP contribution in [0.4, 0.5) is 6.01 Å². The van der Waals surface area contributed by atoms with Crippen molar-refractivity contribution < 1.29 is 4.42 Å². The van der Waals surface area contributed by atoms with Crippen LogP contribution in [0.3, 0.4) is 0 Å². The summed E-state index contributed by atoms with van der Waals surface area (Å²) in [5, 5.41) is 0.891. The Hall–Kier alpha value is -1.03. The fourth-order valence-corrected chi connectivity index (χ4v) is 1.74. The van der Waals surface area contributed by atoms with Crippen molar-refractivity contribution in [2.45, 2.75) is 13.0 Å². The molecule has 0 fully saturated rings. The van der Waals surface area contributed by atoms with Crippen molar-refractivity contribution in [2.24, 2.45) is 0 Å². The highest BCUT2D eigenvalue weighted by Gasteiger charge is 2.14. The number of hydrogen-bond acceptors (Lipinski definition) is 3. The number of rotatable bonds is 3. The van der Waals surface area contributed by atoms with E-state index in [1.54, 1.807) is 0 Å². The highest BCUT2D eigenvalue weighted by atomic mass is 79.9. The Morgan fingerprint density at radius 1 is 1.47 bits per heavy atom. The molecule has 0 saturated heterocycles. The predicted octanol–water partition coefficient (Wildman–Crippen LogP) is 3.05. The lowest BCUT2D eigenvalue weighted by atomic mass is 10.3. The SMILES string of the molecule is CC(CBr)N(C)c1nc2ccccc2o1. The molecule has 2 aromatic rings. The summed E-state index contributed by atoms with van der Waals surface area (Å²) >= 11 is 3.45. The summed E-state index contributed by atoms with van der Waals surface area (Å²) in [6, 6.07) is 8.82. The van der Waals surface area contributed by atoms with Gasteiger partial charge in [-0.1, -0.05) is 28.1 Å². The van der Waals surface area contributed by atoms with Crippen LogP contribution in [0, 0.1) is 0 Å². The number of nitrogens with zero attached hydrogens (tertiary/aromatic N) is 2. The Labute approximate surface area is 97.2 Å². The van der Waals surface area contributed by atoms with Crippen LogP contribution in [0.2, 0.25) is 0 Å². The standard InChI is InChI=1S/C11H13BrN2O/c1-8(7-12)14(2)11-13-9-5-3-4-6-10(9)15-11/h3-6,8H,7H2,1-2H3. The number of oxazole rings is 1. The number of alkyl halides is 1. The average molecular weight is 269 g/mol. The smallest absolute Gasteiger partial charge is 0.298 e. The van der Waals surface area contributed by atoms with E-state index in [0.717, 1.165) is 16.4 Å². The van der Waals surface area contributed by atoms with E-state index in [9.17, 15) is 0 Å². The lowest BCUT2D eigenvalue weighted by Gasteiger charge is -2.20. The van der Waals surface area contributed by atoms with Gasteiger partial charge in [0.25, 0.3) is 6.01 Å². The second-order valence-electron chi connectivity index (χ2n) is 3.58. The monoisotopic (exact) mass is 268 g/mol. The van der Waals surface area contributed by atoms with Gasteiger partial charge in [-0.3, -0.25) is 0 Å². The van der Waals surface area contributed by atoms with Crippen LogP contribution >= 0.6 is 15.9 Å². The first-order chi connectivity index (χ1) is 7.22. The molecular formula is C11H13BrN2O. The van der Waals surface area contributed by atoms with Crippen molar-refractivity contribution in [3.63, 3.8) is 0 Å². The first-order valence-corrected chi connectivity index (χ1v) is 5.99. The van der Waals surface area contributed by atoms with E-state index in [1.807, 2.05) is 36.2 Å². The quantitative estimate of drug-likeness (QED) is 0.802. The molecule has 0 aliphatic rings. The molecule has 1 unspecified atom stereocenters. The third-order valence-electron chi connectivity index (χ3n) is 2.47. The molecule has 1 heterocycles.